The number of pyridine rings is 1. The van der Waals surface area contributed by atoms with Crippen LogP contribution >= 0.6 is 0 Å². The number of aryl methyl sites for hydroxylation is 1. The molecule has 0 unspecified atom stereocenters. The number of hydrogen-bond acceptors (Lipinski definition) is 1. The van der Waals surface area contributed by atoms with Gasteiger partial charge in [0.1, 0.15) is 0 Å². The molecule has 0 radical (unpaired) electrons. The zero-order chi connectivity index (χ0) is 14.6. The molecule has 114 valence electrons. The van der Waals surface area contributed by atoms with Gasteiger partial charge in [-0.25, -0.2) is 0 Å². The Morgan fingerprint density at radius 2 is 1.45 bits per heavy atom. The number of aromatic nitrogens is 1. The molecule has 1 aliphatic carbocycles. The van der Waals surface area contributed by atoms with E-state index in [1.54, 1.807) is 0 Å². The lowest BCUT2D eigenvalue weighted by Crippen LogP contribution is -1.96. The van der Waals surface area contributed by atoms with E-state index in [2.05, 4.69) is 31.8 Å². The van der Waals surface area contributed by atoms with Crippen molar-refractivity contribution in [1.82, 2.24) is 4.98 Å². The minimum atomic E-state index is 0.620. The fourth-order valence-corrected chi connectivity index (χ4v) is 2.89. The van der Waals surface area contributed by atoms with E-state index in [0.717, 1.165) is 6.42 Å². The molecule has 1 saturated carbocycles. The van der Waals surface area contributed by atoms with Crippen LogP contribution in [0, 0.1) is 0 Å². The van der Waals surface area contributed by atoms with E-state index in [9.17, 15) is 0 Å². The molecule has 0 bridgehead atoms. The van der Waals surface area contributed by atoms with Gasteiger partial charge in [-0.2, -0.15) is 0 Å². The second-order valence-electron chi connectivity index (χ2n) is 6.31. The third-order valence-corrected chi connectivity index (χ3v) is 4.08. The molecule has 1 heterocycles. The van der Waals surface area contributed by atoms with Gasteiger partial charge in [-0.05, 0) is 29.5 Å². The SMILES string of the molecule is C1CCCCCCC1.CCCc1cnccc1C(C)C. The van der Waals surface area contributed by atoms with Gasteiger partial charge in [0, 0.05) is 12.4 Å². The van der Waals surface area contributed by atoms with Crippen molar-refractivity contribution < 1.29 is 0 Å². The van der Waals surface area contributed by atoms with Crippen molar-refractivity contribution in [1.29, 1.82) is 0 Å². The molecule has 2 rings (SSSR count). The molecule has 1 aromatic rings. The molecule has 1 nitrogen and oxygen atoms in total. The molecule has 0 aromatic carbocycles. The molecule has 0 atom stereocenters. The molecule has 0 amide bonds. The van der Waals surface area contributed by atoms with Crippen LogP contribution < -0.4 is 0 Å². The maximum atomic E-state index is 4.15. The Kier molecular flexibility index (Phi) is 9.36. The summed E-state index contributed by atoms with van der Waals surface area (Å²) in [6.45, 7) is 6.67. The average Bonchev–Trinajstić information content (AvgIpc) is 2.39. The summed E-state index contributed by atoms with van der Waals surface area (Å²) in [6, 6.07) is 2.13. The van der Waals surface area contributed by atoms with Gasteiger partial charge in [0.15, 0.2) is 0 Å². The van der Waals surface area contributed by atoms with E-state index in [-0.39, 0.29) is 0 Å². The molecule has 0 saturated heterocycles. The fourth-order valence-electron chi connectivity index (χ4n) is 2.89. The van der Waals surface area contributed by atoms with Gasteiger partial charge in [0.2, 0.25) is 0 Å². The Morgan fingerprint density at radius 3 is 1.85 bits per heavy atom. The van der Waals surface area contributed by atoms with Crippen LogP contribution in [-0.4, -0.2) is 4.98 Å². The van der Waals surface area contributed by atoms with Gasteiger partial charge < -0.3 is 0 Å². The summed E-state index contributed by atoms with van der Waals surface area (Å²) in [5, 5.41) is 0. The third-order valence-electron chi connectivity index (χ3n) is 4.08. The Labute approximate surface area is 126 Å². The lowest BCUT2D eigenvalue weighted by Gasteiger charge is -2.10. The first-order valence-corrected chi connectivity index (χ1v) is 8.68. The number of rotatable bonds is 3. The summed E-state index contributed by atoms with van der Waals surface area (Å²) in [4.78, 5) is 4.15. The Bertz CT molecular complexity index is 319. The van der Waals surface area contributed by atoms with Crippen LogP contribution in [0.4, 0.5) is 0 Å². The van der Waals surface area contributed by atoms with Crippen molar-refractivity contribution in [3.05, 3.63) is 29.6 Å². The van der Waals surface area contributed by atoms with Crippen LogP contribution in [0.25, 0.3) is 0 Å². The predicted octanol–water partition coefficient (Wildman–Crippen LogP) is 6.28. The molecule has 0 spiro atoms. The average molecular weight is 275 g/mol. The van der Waals surface area contributed by atoms with Crippen molar-refractivity contribution in [3.63, 3.8) is 0 Å². The summed E-state index contributed by atoms with van der Waals surface area (Å²) in [6.07, 6.45) is 18.2. The van der Waals surface area contributed by atoms with E-state index >= 15 is 0 Å². The van der Waals surface area contributed by atoms with Crippen LogP contribution in [0.3, 0.4) is 0 Å². The van der Waals surface area contributed by atoms with E-state index in [1.165, 1.54) is 68.9 Å². The van der Waals surface area contributed by atoms with E-state index in [1.807, 2.05) is 12.4 Å². The van der Waals surface area contributed by atoms with Crippen molar-refractivity contribution in [2.45, 2.75) is 90.9 Å². The quantitative estimate of drug-likeness (QED) is 0.632. The molecular weight excluding hydrogens is 242 g/mol. The highest BCUT2D eigenvalue weighted by Gasteiger charge is 2.04. The van der Waals surface area contributed by atoms with Crippen molar-refractivity contribution in [2.24, 2.45) is 0 Å². The van der Waals surface area contributed by atoms with Crippen LogP contribution in [-0.2, 0) is 6.42 Å². The summed E-state index contributed by atoms with van der Waals surface area (Å²) < 4.78 is 0. The molecule has 20 heavy (non-hydrogen) atoms. The molecule has 1 aromatic heterocycles. The van der Waals surface area contributed by atoms with Gasteiger partial charge in [-0.3, -0.25) is 4.98 Å². The molecule has 1 aliphatic rings. The van der Waals surface area contributed by atoms with Crippen LogP contribution in [0.2, 0.25) is 0 Å². The molecular formula is C19H33N. The predicted molar refractivity (Wildman–Crippen MR) is 89.3 cm³/mol. The highest BCUT2D eigenvalue weighted by atomic mass is 14.6. The van der Waals surface area contributed by atoms with Crippen LogP contribution in [0.1, 0.15) is 95.6 Å². The minimum absolute atomic E-state index is 0.620. The largest absolute Gasteiger partial charge is 0.264 e. The lowest BCUT2D eigenvalue weighted by molar-refractivity contribution is 0.504. The summed E-state index contributed by atoms with van der Waals surface area (Å²) >= 11 is 0. The monoisotopic (exact) mass is 275 g/mol. The first-order chi connectivity index (χ1) is 9.75. The second-order valence-corrected chi connectivity index (χ2v) is 6.31. The topological polar surface area (TPSA) is 12.9 Å². The fraction of sp³-hybridized carbons (Fsp3) is 0.737. The maximum Gasteiger partial charge on any atom is 0.0302 e. The number of hydrogen-bond donors (Lipinski definition) is 0. The Balaban J connectivity index is 0.000000217. The van der Waals surface area contributed by atoms with Crippen LogP contribution in [0.5, 0.6) is 0 Å². The van der Waals surface area contributed by atoms with Crippen LogP contribution in [0.15, 0.2) is 18.5 Å². The van der Waals surface area contributed by atoms with Gasteiger partial charge >= 0.3 is 0 Å². The Morgan fingerprint density at radius 1 is 0.950 bits per heavy atom. The lowest BCUT2D eigenvalue weighted by atomic mass is 9.97. The second kappa shape index (κ2) is 10.9. The van der Waals surface area contributed by atoms with Gasteiger partial charge in [0.05, 0.1) is 0 Å². The van der Waals surface area contributed by atoms with Gasteiger partial charge in [0.25, 0.3) is 0 Å². The smallest absolute Gasteiger partial charge is 0.0302 e. The van der Waals surface area contributed by atoms with Crippen molar-refractivity contribution in [2.75, 3.05) is 0 Å². The number of nitrogens with zero attached hydrogens (tertiary/aromatic N) is 1. The molecule has 1 heteroatoms. The molecule has 1 fully saturated rings. The van der Waals surface area contributed by atoms with Gasteiger partial charge in [-0.1, -0.05) is 78.6 Å². The van der Waals surface area contributed by atoms with E-state index < -0.39 is 0 Å². The maximum absolute atomic E-state index is 4.15. The molecule has 0 N–H and O–H groups in total. The summed E-state index contributed by atoms with van der Waals surface area (Å²) in [5.74, 6) is 0.620. The van der Waals surface area contributed by atoms with Gasteiger partial charge in [-0.15, -0.1) is 0 Å². The van der Waals surface area contributed by atoms with Crippen molar-refractivity contribution >= 4 is 0 Å². The summed E-state index contributed by atoms with van der Waals surface area (Å²) in [5.41, 5.74) is 2.86. The highest BCUT2D eigenvalue weighted by molar-refractivity contribution is 5.26. The highest BCUT2D eigenvalue weighted by Crippen LogP contribution is 2.19. The third kappa shape index (κ3) is 7.07. The van der Waals surface area contributed by atoms with E-state index in [0.29, 0.717) is 5.92 Å². The zero-order valence-electron chi connectivity index (χ0n) is 13.8. The normalized spacial score (nSPS) is 16.0. The Hall–Kier alpha value is -0.850. The zero-order valence-corrected chi connectivity index (χ0v) is 13.8. The first kappa shape index (κ1) is 17.2. The standard InChI is InChI=1S/C11H17N.C8H16/c1-4-5-10-8-12-7-6-11(10)9(2)3;1-2-4-6-8-7-5-3-1/h6-9H,4-5H2,1-3H3;1-8H2. The molecule has 0 aliphatic heterocycles. The first-order valence-electron chi connectivity index (χ1n) is 8.68. The summed E-state index contributed by atoms with van der Waals surface area (Å²) in [7, 11) is 0. The van der Waals surface area contributed by atoms with E-state index in [4.69, 9.17) is 0 Å². The van der Waals surface area contributed by atoms with Crippen molar-refractivity contribution in [3.8, 4) is 0 Å². The minimum Gasteiger partial charge on any atom is -0.264 e.